The second-order valence-corrected chi connectivity index (χ2v) is 6.70. The molecular formula is C21H21N7. The predicted molar refractivity (Wildman–Crippen MR) is 110 cm³/mol. The van der Waals surface area contributed by atoms with Crippen LogP contribution in [0.2, 0.25) is 0 Å². The number of hydrogen-bond donors (Lipinski definition) is 2. The normalized spacial score (nSPS) is 13.6. The number of anilines is 5. The molecule has 0 radical (unpaired) electrons. The average molecular weight is 371 g/mol. The van der Waals surface area contributed by atoms with Gasteiger partial charge < -0.3 is 15.5 Å². The highest BCUT2D eigenvalue weighted by Gasteiger charge is 2.10. The largest absolute Gasteiger partial charge is 0.372 e. The van der Waals surface area contributed by atoms with E-state index in [9.17, 15) is 0 Å². The van der Waals surface area contributed by atoms with Gasteiger partial charge in [-0.2, -0.15) is 15.3 Å². The van der Waals surface area contributed by atoms with E-state index in [-0.39, 0.29) is 0 Å². The lowest BCUT2D eigenvalue weighted by Crippen LogP contribution is -2.29. The number of nitriles is 1. The quantitative estimate of drug-likeness (QED) is 0.694. The van der Waals surface area contributed by atoms with E-state index in [1.54, 1.807) is 18.3 Å². The summed E-state index contributed by atoms with van der Waals surface area (Å²) in [5, 5.41) is 23.4. The first-order valence-corrected chi connectivity index (χ1v) is 9.39. The van der Waals surface area contributed by atoms with Gasteiger partial charge in [0.05, 0.1) is 17.8 Å². The summed E-state index contributed by atoms with van der Waals surface area (Å²) in [6, 6.07) is 17.6. The molecule has 1 aromatic heterocycles. The Hall–Kier alpha value is -3.66. The van der Waals surface area contributed by atoms with Crippen molar-refractivity contribution in [2.45, 2.75) is 19.3 Å². The Bertz CT molecular complexity index is 973. The van der Waals surface area contributed by atoms with Crippen LogP contribution >= 0.6 is 0 Å². The monoisotopic (exact) mass is 371 g/mol. The lowest BCUT2D eigenvalue weighted by Gasteiger charge is -2.28. The molecular weight excluding hydrogens is 350 g/mol. The number of benzene rings is 2. The van der Waals surface area contributed by atoms with Crippen molar-refractivity contribution in [2.24, 2.45) is 0 Å². The highest BCUT2D eigenvalue weighted by atomic mass is 15.3. The topological polar surface area (TPSA) is 89.8 Å². The number of piperidine rings is 1. The SMILES string of the molecule is N#Cc1cccc(Nc2cnnc(Nc3ccc(N4CCCCC4)cc3)n2)c1. The van der Waals surface area contributed by atoms with Gasteiger partial charge in [-0.1, -0.05) is 6.07 Å². The van der Waals surface area contributed by atoms with Crippen molar-refractivity contribution in [3.05, 3.63) is 60.3 Å². The van der Waals surface area contributed by atoms with Crippen LogP contribution in [0.1, 0.15) is 24.8 Å². The zero-order valence-corrected chi connectivity index (χ0v) is 15.5. The minimum Gasteiger partial charge on any atom is -0.372 e. The Balaban J connectivity index is 1.43. The van der Waals surface area contributed by atoms with Gasteiger partial charge in [-0.3, -0.25) is 0 Å². The third-order valence-electron chi connectivity index (χ3n) is 4.67. The molecule has 0 bridgehead atoms. The molecule has 1 saturated heterocycles. The Morgan fingerprint density at radius 3 is 2.54 bits per heavy atom. The number of nitrogens with zero attached hydrogens (tertiary/aromatic N) is 5. The van der Waals surface area contributed by atoms with E-state index >= 15 is 0 Å². The van der Waals surface area contributed by atoms with Crippen LogP contribution in [0.25, 0.3) is 0 Å². The first-order chi connectivity index (χ1) is 13.8. The van der Waals surface area contributed by atoms with Gasteiger partial charge in [0.15, 0.2) is 5.82 Å². The first-order valence-electron chi connectivity index (χ1n) is 9.39. The van der Waals surface area contributed by atoms with Crippen molar-refractivity contribution in [3.8, 4) is 6.07 Å². The maximum absolute atomic E-state index is 9.01. The van der Waals surface area contributed by atoms with Gasteiger partial charge >= 0.3 is 0 Å². The summed E-state index contributed by atoms with van der Waals surface area (Å²) < 4.78 is 0. The van der Waals surface area contributed by atoms with E-state index in [0.717, 1.165) is 24.5 Å². The van der Waals surface area contributed by atoms with Crippen molar-refractivity contribution < 1.29 is 0 Å². The number of rotatable bonds is 5. The van der Waals surface area contributed by atoms with Crippen LogP contribution in [-0.4, -0.2) is 28.3 Å². The second kappa shape index (κ2) is 8.35. The summed E-state index contributed by atoms with van der Waals surface area (Å²) >= 11 is 0. The van der Waals surface area contributed by atoms with Gasteiger partial charge in [0, 0.05) is 30.2 Å². The summed E-state index contributed by atoms with van der Waals surface area (Å²) in [5.74, 6) is 0.963. The number of nitrogens with one attached hydrogen (secondary N) is 2. The van der Waals surface area contributed by atoms with Crippen LogP contribution in [0.5, 0.6) is 0 Å². The molecule has 1 aliphatic heterocycles. The van der Waals surface area contributed by atoms with E-state index < -0.39 is 0 Å². The fourth-order valence-corrected chi connectivity index (χ4v) is 3.27. The van der Waals surface area contributed by atoms with Gasteiger partial charge in [0.25, 0.3) is 0 Å². The number of aromatic nitrogens is 3. The lowest BCUT2D eigenvalue weighted by molar-refractivity contribution is 0.578. The molecule has 1 aliphatic rings. The Morgan fingerprint density at radius 1 is 0.929 bits per heavy atom. The maximum Gasteiger partial charge on any atom is 0.249 e. The van der Waals surface area contributed by atoms with Gasteiger partial charge in [0.1, 0.15) is 0 Å². The zero-order valence-electron chi connectivity index (χ0n) is 15.5. The number of hydrogen-bond acceptors (Lipinski definition) is 7. The first kappa shape index (κ1) is 17.7. The van der Waals surface area contributed by atoms with Gasteiger partial charge in [-0.15, -0.1) is 5.10 Å². The Morgan fingerprint density at radius 2 is 1.75 bits per heavy atom. The molecule has 0 saturated carbocycles. The van der Waals surface area contributed by atoms with Crippen molar-refractivity contribution >= 4 is 28.8 Å². The molecule has 28 heavy (non-hydrogen) atoms. The maximum atomic E-state index is 9.01. The minimum absolute atomic E-state index is 0.409. The molecule has 7 heteroatoms. The summed E-state index contributed by atoms with van der Waals surface area (Å²) in [6.07, 6.45) is 5.39. The lowest BCUT2D eigenvalue weighted by atomic mass is 10.1. The Labute approximate surface area is 164 Å². The van der Waals surface area contributed by atoms with Crippen molar-refractivity contribution in [2.75, 3.05) is 28.6 Å². The predicted octanol–water partition coefficient (Wildman–Crippen LogP) is 4.22. The highest BCUT2D eigenvalue weighted by Crippen LogP contribution is 2.23. The van der Waals surface area contributed by atoms with Crippen LogP contribution in [0, 0.1) is 11.3 Å². The molecule has 2 aromatic carbocycles. The second-order valence-electron chi connectivity index (χ2n) is 6.70. The smallest absolute Gasteiger partial charge is 0.249 e. The zero-order chi connectivity index (χ0) is 19.2. The molecule has 7 nitrogen and oxygen atoms in total. The molecule has 2 N–H and O–H groups in total. The summed E-state index contributed by atoms with van der Waals surface area (Å²) in [5.41, 5.74) is 3.51. The van der Waals surface area contributed by atoms with Crippen LogP contribution in [0.4, 0.5) is 28.8 Å². The molecule has 1 fully saturated rings. The molecule has 0 aliphatic carbocycles. The fourth-order valence-electron chi connectivity index (χ4n) is 3.27. The highest BCUT2D eigenvalue weighted by molar-refractivity contribution is 5.62. The van der Waals surface area contributed by atoms with E-state index in [0.29, 0.717) is 17.3 Å². The van der Waals surface area contributed by atoms with Crippen molar-refractivity contribution in [3.63, 3.8) is 0 Å². The van der Waals surface area contributed by atoms with Crippen LogP contribution in [-0.2, 0) is 0 Å². The summed E-state index contributed by atoms with van der Waals surface area (Å²) in [6.45, 7) is 2.25. The van der Waals surface area contributed by atoms with E-state index in [1.807, 2.05) is 24.3 Å². The third-order valence-corrected chi connectivity index (χ3v) is 4.67. The molecule has 140 valence electrons. The molecule has 0 atom stereocenters. The van der Waals surface area contributed by atoms with E-state index in [1.165, 1.54) is 24.9 Å². The summed E-state index contributed by atoms with van der Waals surface area (Å²) in [4.78, 5) is 6.86. The van der Waals surface area contributed by atoms with E-state index in [4.69, 9.17) is 5.26 Å². The van der Waals surface area contributed by atoms with Crippen LogP contribution in [0.3, 0.4) is 0 Å². The molecule has 0 unspecified atom stereocenters. The van der Waals surface area contributed by atoms with Crippen molar-refractivity contribution in [1.29, 1.82) is 5.26 Å². The van der Waals surface area contributed by atoms with Crippen LogP contribution in [0.15, 0.2) is 54.7 Å². The molecule has 2 heterocycles. The van der Waals surface area contributed by atoms with Crippen LogP contribution < -0.4 is 15.5 Å². The Kier molecular flexibility index (Phi) is 5.29. The fraction of sp³-hybridized carbons (Fsp3) is 0.238. The van der Waals surface area contributed by atoms with Gasteiger partial charge in [-0.05, 0) is 61.7 Å². The average Bonchev–Trinajstić information content (AvgIpc) is 2.75. The molecule has 3 aromatic rings. The standard InChI is InChI=1S/C21H21N7/c22-14-16-5-4-6-18(13-16)24-20-15-23-27-21(26-20)25-17-7-9-19(10-8-17)28-11-2-1-3-12-28/h4-10,13,15H,1-3,11-12H2,(H2,24,25,26,27). The van der Waals surface area contributed by atoms with Gasteiger partial charge in [-0.25, -0.2) is 0 Å². The minimum atomic E-state index is 0.409. The molecule has 0 spiro atoms. The summed E-state index contributed by atoms with van der Waals surface area (Å²) in [7, 11) is 0. The molecule has 4 rings (SSSR count). The van der Waals surface area contributed by atoms with Gasteiger partial charge in [0.2, 0.25) is 5.95 Å². The molecule has 0 amide bonds. The third kappa shape index (κ3) is 4.35. The van der Waals surface area contributed by atoms with Crippen molar-refractivity contribution in [1.82, 2.24) is 15.2 Å². The van der Waals surface area contributed by atoms with E-state index in [2.05, 4.69) is 48.9 Å².